The van der Waals surface area contributed by atoms with Crippen LogP contribution in [0.5, 0.6) is 0 Å². The maximum Gasteiger partial charge on any atom is 4.00 e. The summed E-state index contributed by atoms with van der Waals surface area (Å²) in [5, 5.41) is 0. The molecule has 0 aliphatic rings. The molecule has 0 spiro atoms. The fourth-order valence-electron chi connectivity index (χ4n) is 0. The van der Waals surface area contributed by atoms with E-state index in [0.29, 0.717) is 0 Å². The van der Waals surface area contributed by atoms with E-state index in [1.807, 2.05) is 0 Å². The molecule has 8 heteroatoms. The number of hydrogen-bond donors (Lipinski definition) is 0. The molecule has 9 heavy (non-hydrogen) atoms. The Hall–Kier alpha value is 1.10. The molecule has 0 aromatic carbocycles. The largest absolute Gasteiger partial charge is 4.00 e. The molecule has 0 saturated heterocycles. The average molecular weight is 271 g/mol. The Balaban J connectivity index is 0. The van der Waals surface area contributed by atoms with Crippen molar-refractivity contribution in [1.82, 2.24) is 0 Å². The molecule has 0 bridgehead atoms. The summed E-state index contributed by atoms with van der Waals surface area (Å²) in [7, 11) is 0. The Kier molecular flexibility index (Phi) is 38300. The maximum absolute atomic E-state index is 0. The molecule has 0 unspecified atom stereocenters. The summed E-state index contributed by atoms with van der Waals surface area (Å²) >= 11 is 0. The first-order valence-corrected chi connectivity index (χ1v) is 0. The molecule has 7 nitrogen and oxygen atoms in total. The summed E-state index contributed by atoms with van der Waals surface area (Å²) in [6, 6.07) is 0. The zero-order valence-electron chi connectivity index (χ0n) is 4.13. The monoisotopic (exact) mass is 271 g/mol. The van der Waals surface area contributed by atoms with Gasteiger partial charge in [0.15, 0.2) is 0 Å². The second kappa shape index (κ2) is 496. The maximum atomic E-state index is 0. The van der Waals surface area contributed by atoms with E-state index in [2.05, 4.69) is 0 Å². The van der Waals surface area contributed by atoms with Gasteiger partial charge < -0.3 is 38.3 Å². The van der Waals surface area contributed by atoms with Gasteiger partial charge in [-0.05, 0) is 0 Å². The van der Waals surface area contributed by atoms with Crippen LogP contribution in [0.3, 0.4) is 0 Å². The molecule has 0 aliphatic carbocycles. The topological polar surface area (TPSA) is 210 Å². The smallest absolute Gasteiger partial charge is 0.870 e. The minimum absolute atomic E-state index is 0. The summed E-state index contributed by atoms with van der Waals surface area (Å²) in [4.78, 5) is 0. The van der Waals surface area contributed by atoms with Gasteiger partial charge in [0.1, 0.15) is 0 Å². The van der Waals surface area contributed by atoms with Crippen LogP contribution in [0.2, 0.25) is 0 Å². The first-order chi connectivity index (χ1) is 0. The van der Waals surface area contributed by atoms with Crippen molar-refractivity contribution in [3.8, 4) is 0 Å². The summed E-state index contributed by atoms with van der Waals surface area (Å²) in [5.41, 5.74) is 0. The van der Waals surface area contributed by atoms with Crippen LogP contribution in [-0.4, -0.2) is 38.3 Å². The molecule has 0 rings (SSSR count). The summed E-state index contributed by atoms with van der Waals surface area (Å²) in [5.74, 6) is 0. The first kappa shape index (κ1) is 695. The van der Waals surface area contributed by atoms with Gasteiger partial charge in [0, 0.05) is 0 Å². The van der Waals surface area contributed by atoms with Crippen molar-refractivity contribution in [2.45, 2.75) is 0 Å². The Bertz CT molecular complexity index is 8.88. The van der Waals surface area contributed by atoms with Crippen LogP contribution in [-0.2, 0) is 0 Å². The van der Waals surface area contributed by atoms with Crippen molar-refractivity contribution in [2.24, 2.45) is 0 Å². The van der Waals surface area contributed by atoms with Crippen LogP contribution in [0, 0.1) is 49.2 Å². The van der Waals surface area contributed by atoms with Crippen LogP contribution in [0.4, 0.5) is 0 Å². The molecule has 0 aliphatic heterocycles. The van der Waals surface area contributed by atoms with Crippen LogP contribution in [0.25, 0.3) is 0 Å². The molecular formula is CH7CeO7. The zero-order chi connectivity index (χ0) is 0. The zero-order valence-corrected chi connectivity index (χ0v) is 7.27. The van der Waals surface area contributed by atoms with Crippen LogP contribution >= 0.6 is 0 Å². The van der Waals surface area contributed by atoms with Crippen LogP contribution in [0.1, 0.15) is 0 Å². The Labute approximate surface area is 87.0 Å². The van der Waals surface area contributed by atoms with E-state index in [1.54, 1.807) is 0 Å². The fraction of sp³-hybridized carbons (Fsp3) is 0. The van der Waals surface area contributed by atoms with Gasteiger partial charge in [-0.25, -0.2) is 0 Å². The molecule has 7 N–H and O–H groups in total. The summed E-state index contributed by atoms with van der Waals surface area (Å²) in [6.45, 7) is 0. The SMILES string of the molecule is [C+4].[Ce+3].[OH-].[OH-].[OH-].[OH-].[OH-].[OH-].[OH-]. The fourth-order valence-corrected chi connectivity index (χ4v) is 0. The van der Waals surface area contributed by atoms with Gasteiger partial charge in [0.05, 0.1) is 0 Å². The van der Waals surface area contributed by atoms with Crippen molar-refractivity contribution in [1.29, 1.82) is 0 Å². The molecule has 0 heterocycles. The Morgan fingerprint density at radius 3 is 0.333 bits per heavy atom. The molecule has 0 fully saturated rings. The summed E-state index contributed by atoms with van der Waals surface area (Å²) < 4.78 is 0. The predicted molar refractivity (Wildman–Crippen MR) is 16.8 cm³/mol. The van der Waals surface area contributed by atoms with E-state index >= 15 is 0 Å². The Morgan fingerprint density at radius 2 is 0.333 bits per heavy atom. The molecule has 0 atom stereocenters. The normalized spacial score (nSPS) is 0. The van der Waals surface area contributed by atoms with Crippen molar-refractivity contribution >= 4 is 0 Å². The third kappa shape index (κ3) is 381. The van der Waals surface area contributed by atoms with Crippen LogP contribution in [0.15, 0.2) is 0 Å². The van der Waals surface area contributed by atoms with Gasteiger partial charge in [0.2, 0.25) is 0 Å². The molecule has 57 valence electrons. The molecular weight excluding hydrogens is 264 g/mol. The van der Waals surface area contributed by atoms with E-state index in [0.717, 1.165) is 0 Å². The molecule has 1 radical (unpaired) electrons. The molecule has 0 saturated carbocycles. The van der Waals surface area contributed by atoms with Gasteiger partial charge in [-0.15, -0.1) is 0 Å². The summed E-state index contributed by atoms with van der Waals surface area (Å²) in [6.07, 6.45) is 0. The van der Waals surface area contributed by atoms with Gasteiger partial charge >= 0.3 is 49.2 Å². The van der Waals surface area contributed by atoms with Crippen LogP contribution < -0.4 is 0 Å². The van der Waals surface area contributed by atoms with E-state index in [-0.39, 0.29) is 87.5 Å². The van der Waals surface area contributed by atoms with Gasteiger partial charge in [-0.3, -0.25) is 0 Å². The van der Waals surface area contributed by atoms with E-state index < -0.39 is 0 Å². The second-order valence-electron chi connectivity index (χ2n) is 0. The van der Waals surface area contributed by atoms with Crippen molar-refractivity contribution in [3.63, 3.8) is 0 Å². The van der Waals surface area contributed by atoms with Crippen molar-refractivity contribution in [3.05, 3.63) is 7.43 Å². The standard InChI is InChI=1S/C.Ce.7H2O/h;;7*1H2/q+4;+3;;;;;;;/p-7. The van der Waals surface area contributed by atoms with Crippen molar-refractivity contribution in [2.75, 3.05) is 0 Å². The van der Waals surface area contributed by atoms with E-state index in [1.165, 1.54) is 0 Å². The van der Waals surface area contributed by atoms with E-state index in [9.17, 15) is 0 Å². The van der Waals surface area contributed by atoms with Crippen molar-refractivity contribution < 1.29 is 80.1 Å². The average Bonchev–Trinajstić information content (AvgIpc) is 0. The van der Waals surface area contributed by atoms with Gasteiger partial charge in [-0.1, -0.05) is 0 Å². The molecule has 0 aromatic heterocycles. The predicted octanol–water partition coefficient (Wildman–Crippen LogP) is -1.16. The third-order valence-corrected chi connectivity index (χ3v) is 0. The minimum atomic E-state index is 0. The first-order valence-electron chi connectivity index (χ1n) is 0. The van der Waals surface area contributed by atoms with E-state index in [4.69, 9.17) is 0 Å². The number of rotatable bonds is 0. The minimum Gasteiger partial charge on any atom is -0.870 e. The third-order valence-electron chi connectivity index (χ3n) is 0. The van der Waals surface area contributed by atoms with Gasteiger partial charge in [-0.2, -0.15) is 0 Å². The van der Waals surface area contributed by atoms with Gasteiger partial charge in [0.25, 0.3) is 0 Å². The molecule has 0 aromatic rings. The Morgan fingerprint density at radius 1 is 0.333 bits per heavy atom. The number of hydrogen-bond acceptors (Lipinski definition) is 7. The molecule has 0 amide bonds. The second-order valence-corrected chi connectivity index (χ2v) is 0. The quantitative estimate of drug-likeness (QED) is 0.526.